The molecule has 1 rings (SSSR count). The molecule has 1 aromatic rings. The van der Waals surface area contributed by atoms with Crippen LogP contribution < -0.4 is 10.6 Å². The maximum absolute atomic E-state index is 11.6. The standard InChI is InChI=1S/C12H16N4O5/c1-7-4-14-8(5-13-7)6-15-12(21)16-9(11(19)20)2-3-10(17)18/h4-5,9H,2-3,6H2,1H3,(H,17,18)(H,19,20)(H2,15,16,21). The number of hydrogen-bond donors (Lipinski definition) is 4. The highest BCUT2D eigenvalue weighted by atomic mass is 16.4. The molecule has 0 aliphatic carbocycles. The van der Waals surface area contributed by atoms with Gasteiger partial charge in [0.05, 0.1) is 24.1 Å². The van der Waals surface area contributed by atoms with E-state index in [0.29, 0.717) is 5.69 Å². The minimum Gasteiger partial charge on any atom is -0.481 e. The van der Waals surface area contributed by atoms with Crippen LogP contribution in [0.15, 0.2) is 12.4 Å². The lowest BCUT2D eigenvalue weighted by Gasteiger charge is -2.14. The van der Waals surface area contributed by atoms with Gasteiger partial charge in [-0.2, -0.15) is 0 Å². The maximum atomic E-state index is 11.6. The molecule has 9 nitrogen and oxygen atoms in total. The number of carboxylic acid groups (broad SMARTS) is 2. The molecule has 1 atom stereocenters. The monoisotopic (exact) mass is 296 g/mol. The molecule has 0 aromatic carbocycles. The number of carbonyl (C=O) groups excluding carboxylic acids is 1. The summed E-state index contributed by atoms with van der Waals surface area (Å²) in [6, 6.07) is -1.97. The van der Waals surface area contributed by atoms with E-state index in [0.717, 1.165) is 5.69 Å². The van der Waals surface area contributed by atoms with Crippen molar-refractivity contribution in [3.63, 3.8) is 0 Å². The SMILES string of the molecule is Cc1cnc(CNC(=O)NC(CCC(=O)O)C(=O)O)cn1. The van der Waals surface area contributed by atoms with Crippen LogP contribution in [-0.4, -0.2) is 44.2 Å². The third-order valence-electron chi connectivity index (χ3n) is 2.51. The first-order valence-corrected chi connectivity index (χ1v) is 6.15. The molecule has 0 spiro atoms. The third kappa shape index (κ3) is 6.32. The largest absolute Gasteiger partial charge is 0.481 e. The number of rotatable bonds is 7. The fourth-order valence-corrected chi connectivity index (χ4v) is 1.42. The minimum atomic E-state index is -1.29. The summed E-state index contributed by atoms with van der Waals surface area (Å²) in [7, 11) is 0. The number of amides is 2. The first-order chi connectivity index (χ1) is 9.88. The first kappa shape index (κ1) is 16.3. The summed E-state index contributed by atoms with van der Waals surface area (Å²) in [6.45, 7) is 1.86. The lowest BCUT2D eigenvalue weighted by atomic mass is 10.1. The smallest absolute Gasteiger partial charge is 0.326 e. The number of hydrogen-bond acceptors (Lipinski definition) is 5. The van der Waals surface area contributed by atoms with E-state index in [9.17, 15) is 14.4 Å². The maximum Gasteiger partial charge on any atom is 0.326 e. The molecule has 4 N–H and O–H groups in total. The summed E-state index contributed by atoms with van der Waals surface area (Å²) >= 11 is 0. The number of carbonyl (C=O) groups is 3. The van der Waals surface area contributed by atoms with E-state index in [-0.39, 0.29) is 19.4 Å². The molecule has 9 heteroatoms. The van der Waals surface area contributed by atoms with Crippen LogP contribution >= 0.6 is 0 Å². The first-order valence-electron chi connectivity index (χ1n) is 6.15. The van der Waals surface area contributed by atoms with E-state index >= 15 is 0 Å². The Morgan fingerprint density at radius 2 is 1.95 bits per heavy atom. The molecule has 2 amide bonds. The van der Waals surface area contributed by atoms with Gasteiger partial charge in [0.1, 0.15) is 6.04 Å². The zero-order valence-corrected chi connectivity index (χ0v) is 11.4. The molecule has 21 heavy (non-hydrogen) atoms. The summed E-state index contributed by atoms with van der Waals surface area (Å²) in [5, 5.41) is 22.0. The second-order valence-electron chi connectivity index (χ2n) is 4.30. The fourth-order valence-electron chi connectivity index (χ4n) is 1.42. The Morgan fingerprint density at radius 3 is 2.48 bits per heavy atom. The topological polar surface area (TPSA) is 142 Å². The Bertz CT molecular complexity index is 517. The van der Waals surface area contributed by atoms with E-state index < -0.39 is 24.0 Å². The van der Waals surface area contributed by atoms with Crippen LogP contribution in [0.4, 0.5) is 4.79 Å². The van der Waals surface area contributed by atoms with Gasteiger partial charge in [0.2, 0.25) is 0 Å². The Hall–Kier alpha value is -2.71. The van der Waals surface area contributed by atoms with Gasteiger partial charge < -0.3 is 20.8 Å². The van der Waals surface area contributed by atoms with Gasteiger partial charge in [-0.15, -0.1) is 0 Å². The van der Waals surface area contributed by atoms with E-state index in [1.807, 2.05) is 0 Å². The number of nitrogens with one attached hydrogen (secondary N) is 2. The average Bonchev–Trinajstić information content (AvgIpc) is 2.42. The lowest BCUT2D eigenvalue weighted by Crippen LogP contribution is -2.46. The van der Waals surface area contributed by atoms with Crippen LogP contribution in [0.5, 0.6) is 0 Å². The number of aliphatic carboxylic acids is 2. The van der Waals surface area contributed by atoms with Gasteiger partial charge >= 0.3 is 18.0 Å². The van der Waals surface area contributed by atoms with Gasteiger partial charge in [0, 0.05) is 12.6 Å². The number of aromatic nitrogens is 2. The fraction of sp³-hybridized carbons (Fsp3) is 0.417. The molecule has 0 bridgehead atoms. The van der Waals surface area contributed by atoms with E-state index in [4.69, 9.17) is 10.2 Å². The predicted molar refractivity (Wildman–Crippen MR) is 70.4 cm³/mol. The van der Waals surface area contributed by atoms with Gasteiger partial charge in [-0.05, 0) is 13.3 Å². The number of nitrogens with zero attached hydrogens (tertiary/aromatic N) is 2. The molecular formula is C12H16N4O5. The van der Waals surface area contributed by atoms with Crippen molar-refractivity contribution in [2.24, 2.45) is 0 Å². The molecule has 1 aromatic heterocycles. The molecule has 114 valence electrons. The van der Waals surface area contributed by atoms with Gasteiger partial charge in [-0.25, -0.2) is 9.59 Å². The number of urea groups is 1. The Balaban J connectivity index is 2.44. The van der Waals surface area contributed by atoms with E-state index in [1.165, 1.54) is 6.20 Å². The molecule has 0 saturated heterocycles. The summed E-state index contributed by atoms with van der Waals surface area (Å²) in [4.78, 5) is 40.9. The van der Waals surface area contributed by atoms with E-state index in [1.54, 1.807) is 13.1 Å². The number of carboxylic acids is 2. The predicted octanol–water partition coefficient (Wildman–Crippen LogP) is -0.0978. The molecule has 0 aliphatic rings. The highest BCUT2D eigenvalue weighted by Gasteiger charge is 2.20. The Labute approximate surface area is 120 Å². The molecule has 0 radical (unpaired) electrons. The van der Waals surface area contributed by atoms with Crippen molar-refractivity contribution in [1.29, 1.82) is 0 Å². The normalized spacial score (nSPS) is 11.5. The highest BCUT2D eigenvalue weighted by molar-refractivity contribution is 5.82. The van der Waals surface area contributed by atoms with Gasteiger partial charge in [0.15, 0.2) is 0 Å². The summed E-state index contributed by atoms with van der Waals surface area (Å²) in [5.74, 6) is -2.42. The molecule has 0 fully saturated rings. The molecule has 1 unspecified atom stereocenters. The number of aryl methyl sites for hydroxylation is 1. The highest BCUT2D eigenvalue weighted by Crippen LogP contribution is 1.98. The molecule has 1 heterocycles. The third-order valence-corrected chi connectivity index (χ3v) is 2.51. The Kier molecular flexibility index (Phi) is 6.05. The van der Waals surface area contributed by atoms with Gasteiger partial charge in [-0.3, -0.25) is 14.8 Å². The van der Waals surface area contributed by atoms with Crippen molar-refractivity contribution in [3.8, 4) is 0 Å². The van der Waals surface area contributed by atoms with Crippen LogP contribution in [0.25, 0.3) is 0 Å². The second-order valence-corrected chi connectivity index (χ2v) is 4.30. The van der Waals surface area contributed by atoms with Crippen LogP contribution in [0.3, 0.4) is 0 Å². The average molecular weight is 296 g/mol. The van der Waals surface area contributed by atoms with E-state index in [2.05, 4.69) is 20.6 Å². The van der Waals surface area contributed by atoms with Crippen molar-refractivity contribution < 1.29 is 24.6 Å². The molecular weight excluding hydrogens is 280 g/mol. The Morgan fingerprint density at radius 1 is 1.24 bits per heavy atom. The van der Waals surface area contributed by atoms with Crippen LogP contribution in [0.2, 0.25) is 0 Å². The molecule has 0 saturated carbocycles. The quantitative estimate of drug-likeness (QED) is 0.550. The molecule has 0 aliphatic heterocycles. The zero-order chi connectivity index (χ0) is 15.8. The summed E-state index contributed by atoms with van der Waals surface area (Å²) in [5.41, 5.74) is 1.26. The van der Waals surface area contributed by atoms with Crippen molar-refractivity contribution in [2.75, 3.05) is 0 Å². The van der Waals surface area contributed by atoms with Crippen molar-refractivity contribution in [3.05, 3.63) is 23.8 Å². The van der Waals surface area contributed by atoms with Crippen molar-refractivity contribution in [2.45, 2.75) is 32.4 Å². The van der Waals surface area contributed by atoms with Crippen molar-refractivity contribution in [1.82, 2.24) is 20.6 Å². The van der Waals surface area contributed by atoms with Gasteiger partial charge in [0.25, 0.3) is 0 Å². The lowest BCUT2D eigenvalue weighted by molar-refractivity contribution is -0.140. The minimum absolute atomic E-state index is 0.0877. The van der Waals surface area contributed by atoms with Crippen LogP contribution in [-0.2, 0) is 16.1 Å². The zero-order valence-electron chi connectivity index (χ0n) is 11.4. The second kappa shape index (κ2) is 7.78. The van der Waals surface area contributed by atoms with Crippen LogP contribution in [0, 0.1) is 6.92 Å². The van der Waals surface area contributed by atoms with Crippen LogP contribution in [0.1, 0.15) is 24.2 Å². The summed E-state index contributed by atoms with van der Waals surface area (Å²) in [6.07, 6.45) is 2.50. The van der Waals surface area contributed by atoms with Crippen molar-refractivity contribution >= 4 is 18.0 Å². The van der Waals surface area contributed by atoms with Gasteiger partial charge in [-0.1, -0.05) is 0 Å². The summed E-state index contributed by atoms with van der Waals surface area (Å²) < 4.78 is 0.